The van der Waals surface area contributed by atoms with Crippen LogP contribution in [-0.2, 0) is 20.0 Å². The molecule has 3 N–H and O–H groups in total. The van der Waals surface area contributed by atoms with Crippen LogP contribution in [-0.4, -0.2) is 40.1 Å². The summed E-state index contributed by atoms with van der Waals surface area (Å²) < 4.78 is 50.3. The molecule has 0 unspecified atom stereocenters. The van der Waals surface area contributed by atoms with Crippen molar-refractivity contribution in [3.05, 3.63) is 54.1 Å². The monoisotopic (exact) mass is 451 g/mol. The smallest absolute Gasteiger partial charge is 0.255 e. The molecule has 2 aromatic rings. The summed E-state index contributed by atoms with van der Waals surface area (Å²) in [4.78, 5) is 12.4. The number of carbonyl (C=O) groups is 1. The van der Waals surface area contributed by atoms with Crippen LogP contribution < -0.4 is 10.5 Å². The number of amides is 1. The van der Waals surface area contributed by atoms with Crippen molar-refractivity contribution in [2.75, 3.05) is 18.4 Å². The number of hydrogen-bond donors (Lipinski definition) is 2. The average molecular weight is 452 g/mol. The van der Waals surface area contributed by atoms with Gasteiger partial charge in [0.2, 0.25) is 20.0 Å². The molecule has 1 fully saturated rings. The minimum absolute atomic E-state index is 0.120. The van der Waals surface area contributed by atoms with E-state index in [1.807, 2.05) is 13.8 Å². The van der Waals surface area contributed by atoms with Gasteiger partial charge in [-0.15, -0.1) is 0 Å². The Balaban J connectivity index is 1.75. The summed E-state index contributed by atoms with van der Waals surface area (Å²) in [5.41, 5.74) is 0.509. The fourth-order valence-corrected chi connectivity index (χ4v) is 5.92. The van der Waals surface area contributed by atoms with Crippen molar-refractivity contribution < 1.29 is 21.6 Å². The van der Waals surface area contributed by atoms with Gasteiger partial charge >= 0.3 is 0 Å². The summed E-state index contributed by atoms with van der Waals surface area (Å²) in [5.74, 6) is 0.0696. The Hall–Kier alpha value is -2.27. The molecule has 2 aromatic carbocycles. The van der Waals surface area contributed by atoms with E-state index in [4.69, 9.17) is 5.14 Å². The highest BCUT2D eigenvalue weighted by molar-refractivity contribution is 7.89. The summed E-state index contributed by atoms with van der Waals surface area (Å²) >= 11 is 0. The third kappa shape index (κ3) is 5.07. The molecule has 1 aliphatic rings. The lowest BCUT2D eigenvalue weighted by Crippen LogP contribution is -2.42. The first-order valence-corrected chi connectivity index (χ1v) is 12.5. The van der Waals surface area contributed by atoms with Gasteiger partial charge < -0.3 is 5.32 Å². The largest absolute Gasteiger partial charge is 0.322 e. The molecule has 1 aliphatic heterocycles. The van der Waals surface area contributed by atoms with Crippen molar-refractivity contribution in [2.24, 2.45) is 17.0 Å². The van der Waals surface area contributed by atoms with Crippen molar-refractivity contribution in [3.63, 3.8) is 0 Å². The van der Waals surface area contributed by atoms with Gasteiger partial charge in [-0.05, 0) is 60.7 Å². The van der Waals surface area contributed by atoms with Gasteiger partial charge in [-0.1, -0.05) is 19.9 Å². The number of piperidine rings is 1. The highest BCUT2D eigenvalue weighted by Gasteiger charge is 2.31. The SMILES string of the molecule is C[C@H]1C[C@H](C)CN(S(=O)(=O)c2ccc(NC(=O)c3cccc(S(N)(=O)=O)c3)cc2)C1. The number of nitrogens with one attached hydrogen (secondary N) is 1. The predicted molar refractivity (Wildman–Crippen MR) is 114 cm³/mol. The number of sulfonamides is 2. The summed E-state index contributed by atoms with van der Waals surface area (Å²) in [6.45, 7) is 5.07. The zero-order chi connectivity index (χ0) is 22.1. The van der Waals surface area contributed by atoms with Gasteiger partial charge in [-0.2, -0.15) is 4.31 Å². The summed E-state index contributed by atoms with van der Waals surface area (Å²) in [6, 6.07) is 11.3. The molecule has 0 spiro atoms. The standard InChI is InChI=1S/C20H25N3O5S2/c1-14-10-15(2)13-23(12-14)30(27,28)18-8-6-17(7-9-18)22-20(24)16-4-3-5-19(11-16)29(21,25)26/h3-9,11,14-15H,10,12-13H2,1-2H3,(H,22,24)(H2,21,25,26)/t14-,15-/m0/s1. The Bertz CT molecular complexity index is 1140. The van der Waals surface area contributed by atoms with Gasteiger partial charge in [-0.25, -0.2) is 22.0 Å². The van der Waals surface area contributed by atoms with Crippen LogP contribution in [0.5, 0.6) is 0 Å². The second-order valence-electron chi connectivity index (χ2n) is 7.82. The third-order valence-corrected chi connectivity index (χ3v) is 7.77. The van der Waals surface area contributed by atoms with Crippen LogP contribution in [0.4, 0.5) is 5.69 Å². The Kier molecular flexibility index (Phi) is 6.32. The minimum atomic E-state index is -3.92. The highest BCUT2D eigenvalue weighted by Crippen LogP contribution is 2.27. The highest BCUT2D eigenvalue weighted by atomic mass is 32.2. The quantitative estimate of drug-likeness (QED) is 0.721. The number of primary sulfonamides is 1. The molecule has 8 nitrogen and oxygen atoms in total. The van der Waals surface area contributed by atoms with Crippen LogP contribution in [0.1, 0.15) is 30.6 Å². The molecule has 0 bridgehead atoms. The lowest BCUT2D eigenvalue weighted by Gasteiger charge is -2.34. The Labute approximate surface area is 177 Å². The topological polar surface area (TPSA) is 127 Å². The van der Waals surface area contributed by atoms with Crippen LogP contribution in [0.25, 0.3) is 0 Å². The molecule has 0 aromatic heterocycles. The molecule has 0 radical (unpaired) electrons. The van der Waals surface area contributed by atoms with Gasteiger partial charge in [0.05, 0.1) is 9.79 Å². The fraction of sp³-hybridized carbons (Fsp3) is 0.350. The van der Waals surface area contributed by atoms with Crippen LogP contribution in [0, 0.1) is 11.8 Å². The third-order valence-electron chi connectivity index (χ3n) is 5.01. The van der Waals surface area contributed by atoms with Gasteiger partial charge in [-0.3, -0.25) is 4.79 Å². The predicted octanol–water partition coefficient (Wildman–Crippen LogP) is 2.25. The molecule has 2 atom stereocenters. The Morgan fingerprint density at radius 1 is 0.967 bits per heavy atom. The van der Waals surface area contributed by atoms with E-state index in [1.54, 1.807) is 0 Å². The summed E-state index contributed by atoms with van der Waals surface area (Å²) in [6.07, 6.45) is 1.00. The first kappa shape index (κ1) is 22.4. The maximum Gasteiger partial charge on any atom is 0.255 e. The second kappa shape index (κ2) is 8.46. The van der Waals surface area contributed by atoms with Crippen molar-refractivity contribution in [3.8, 4) is 0 Å². The van der Waals surface area contributed by atoms with Crippen molar-refractivity contribution in [1.29, 1.82) is 0 Å². The first-order chi connectivity index (χ1) is 14.0. The van der Waals surface area contributed by atoms with Gasteiger partial charge in [0.15, 0.2) is 0 Å². The fourth-order valence-electron chi connectivity index (χ4n) is 3.68. The maximum absolute atomic E-state index is 12.9. The molecular formula is C20H25N3O5S2. The van der Waals surface area contributed by atoms with Gasteiger partial charge in [0.25, 0.3) is 5.91 Å². The molecule has 0 saturated carbocycles. The van der Waals surface area contributed by atoms with E-state index < -0.39 is 26.0 Å². The van der Waals surface area contributed by atoms with Crippen LogP contribution in [0.3, 0.4) is 0 Å². The minimum Gasteiger partial charge on any atom is -0.322 e. The number of rotatable bonds is 5. The van der Waals surface area contributed by atoms with Crippen LogP contribution in [0.15, 0.2) is 58.3 Å². The van der Waals surface area contributed by atoms with Crippen LogP contribution >= 0.6 is 0 Å². The maximum atomic E-state index is 12.9. The molecule has 162 valence electrons. The normalized spacial score (nSPS) is 20.6. The van der Waals surface area contributed by atoms with E-state index in [0.29, 0.717) is 30.6 Å². The molecule has 1 saturated heterocycles. The van der Waals surface area contributed by atoms with E-state index in [2.05, 4.69) is 5.32 Å². The zero-order valence-electron chi connectivity index (χ0n) is 16.8. The van der Waals surface area contributed by atoms with E-state index >= 15 is 0 Å². The number of hydrogen-bond acceptors (Lipinski definition) is 5. The molecule has 1 heterocycles. The number of nitrogens with two attached hydrogens (primary N) is 1. The number of carbonyl (C=O) groups excluding carboxylic acids is 1. The Morgan fingerprint density at radius 2 is 1.57 bits per heavy atom. The lowest BCUT2D eigenvalue weighted by molar-refractivity contribution is 0.102. The van der Waals surface area contributed by atoms with E-state index in [0.717, 1.165) is 6.42 Å². The molecule has 30 heavy (non-hydrogen) atoms. The van der Waals surface area contributed by atoms with Crippen molar-refractivity contribution in [1.82, 2.24) is 4.31 Å². The van der Waals surface area contributed by atoms with Crippen molar-refractivity contribution >= 4 is 31.6 Å². The van der Waals surface area contributed by atoms with Gasteiger partial charge in [0.1, 0.15) is 0 Å². The van der Waals surface area contributed by atoms with Crippen LogP contribution in [0.2, 0.25) is 0 Å². The number of nitrogens with zero attached hydrogens (tertiary/aromatic N) is 1. The average Bonchev–Trinajstić information content (AvgIpc) is 2.67. The molecule has 0 aliphatic carbocycles. The lowest BCUT2D eigenvalue weighted by atomic mass is 9.94. The molecular weight excluding hydrogens is 426 g/mol. The van der Waals surface area contributed by atoms with Crippen molar-refractivity contribution in [2.45, 2.75) is 30.1 Å². The van der Waals surface area contributed by atoms with E-state index in [9.17, 15) is 21.6 Å². The summed E-state index contributed by atoms with van der Waals surface area (Å²) in [7, 11) is -7.53. The van der Waals surface area contributed by atoms with Gasteiger partial charge in [0, 0.05) is 24.3 Å². The molecule has 10 heteroatoms. The molecule has 1 amide bonds. The zero-order valence-corrected chi connectivity index (χ0v) is 18.4. The van der Waals surface area contributed by atoms with E-state index in [1.165, 1.54) is 52.8 Å². The summed E-state index contributed by atoms with van der Waals surface area (Å²) in [5, 5.41) is 7.72. The van der Waals surface area contributed by atoms with E-state index in [-0.39, 0.29) is 15.4 Å². The number of anilines is 1. The number of benzene rings is 2. The molecule has 3 rings (SSSR count). The Morgan fingerprint density at radius 3 is 2.13 bits per heavy atom. The first-order valence-electron chi connectivity index (χ1n) is 9.51. The second-order valence-corrected chi connectivity index (χ2v) is 11.3.